The summed E-state index contributed by atoms with van der Waals surface area (Å²) in [5.41, 5.74) is 5.35. The summed E-state index contributed by atoms with van der Waals surface area (Å²) in [4.78, 5) is 6.79. The molecule has 1 aliphatic heterocycles. The summed E-state index contributed by atoms with van der Waals surface area (Å²) in [6, 6.07) is 4.08. The highest BCUT2D eigenvalue weighted by Crippen LogP contribution is 2.41. The molecule has 2 aromatic rings. The molecule has 1 N–H and O–H groups in total. The number of hydrogen-bond donors (Lipinski definition) is 1. The van der Waals surface area contributed by atoms with Gasteiger partial charge in [0, 0.05) is 49.4 Å². The first-order valence-corrected chi connectivity index (χ1v) is 8.11. The summed E-state index contributed by atoms with van der Waals surface area (Å²) in [6.45, 7) is 3.02. The van der Waals surface area contributed by atoms with Crippen LogP contribution < -0.4 is 4.74 Å². The predicted molar refractivity (Wildman–Crippen MR) is 84.0 cm³/mol. The van der Waals surface area contributed by atoms with Crippen LogP contribution in [0.15, 0.2) is 18.3 Å². The molecule has 0 radical (unpaired) electrons. The van der Waals surface area contributed by atoms with Crippen molar-refractivity contribution in [3.8, 4) is 5.88 Å². The van der Waals surface area contributed by atoms with Crippen molar-refractivity contribution in [3.05, 3.63) is 40.8 Å². The number of H-pyrrole nitrogens is 1. The number of ether oxygens (including phenoxy) is 1. The van der Waals surface area contributed by atoms with Gasteiger partial charge in [-0.3, -0.25) is 10.00 Å². The van der Waals surface area contributed by atoms with Gasteiger partial charge in [0.05, 0.1) is 12.8 Å². The Hall–Kier alpha value is -1.88. The smallest absolute Gasteiger partial charge is 0.217 e. The van der Waals surface area contributed by atoms with Gasteiger partial charge in [-0.15, -0.1) is 0 Å². The Balaban J connectivity index is 1.48. The minimum absolute atomic E-state index is 0.727. The maximum absolute atomic E-state index is 5.37. The Labute approximate surface area is 130 Å². The molecule has 0 spiro atoms. The van der Waals surface area contributed by atoms with E-state index in [1.54, 1.807) is 13.3 Å². The van der Waals surface area contributed by atoms with Gasteiger partial charge in [0.25, 0.3) is 0 Å². The second-order valence-electron chi connectivity index (χ2n) is 6.29. The summed E-state index contributed by atoms with van der Waals surface area (Å²) in [6.07, 6.45) is 6.56. The molecule has 2 aliphatic rings. The van der Waals surface area contributed by atoms with Crippen molar-refractivity contribution in [2.45, 2.75) is 38.1 Å². The number of hydrogen-bond acceptors (Lipinski definition) is 4. The third-order valence-electron chi connectivity index (χ3n) is 4.74. The van der Waals surface area contributed by atoms with Crippen LogP contribution in [0.4, 0.5) is 0 Å². The summed E-state index contributed by atoms with van der Waals surface area (Å²) < 4.78 is 5.37. The second-order valence-corrected chi connectivity index (χ2v) is 6.29. The summed E-state index contributed by atoms with van der Waals surface area (Å²) in [5, 5.41) is 7.85. The van der Waals surface area contributed by atoms with Crippen molar-refractivity contribution < 1.29 is 4.74 Å². The molecule has 3 heterocycles. The van der Waals surface area contributed by atoms with E-state index in [2.05, 4.69) is 26.1 Å². The van der Waals surface area contributed by atoms with Crippen LogP contribution in [0.2, 0.25) is 0 Å². The maximum atomic E-state index is 5.37. The van der Waals surface area contributed by atoms with Gasteiger partial charge in [0.1, 0.15) is 0 Å². The predicted octanol–water partition coefficient (Wildman–Crippen LogP) is 2.29. The van der Waals surface area contributed by atoms with Crippen LogP contribution in [0, 0.1) is 0 Å². The average Bonchev–Trinajstić information content (AvgIpc) is 3.34. The molecule has 2 aromatic heterocycles. The molecular weight excluding hydrogens is 276 g/mol. The molecule has 1 aliphatic carbocycles. The molecule has 5 nitrogen and oxygen atoms in total. The number of aromatic nitrogens is 3. The third-order valence-corrected chi connectivity index (χ3v) is 4.74. The SMILES string of the molecule is COc1ncccc1CN1CCc2[nH]nc(C3CC3)c2CC1. The van der Waals surface area contributed by atoms with E-state index in [1.807, 2.05) is 6.07 Å². The molecule has 5 heteroatoms. The van der Waals surface area contributed by atoms with E-state index in [0.29, 0.717) is 0 Å². The lowest BCUT2D eigenvalue weighted by Gasteiger charge is -2.20. The van der Waals surface area contributed by atoms with Gasteiger partial charge in [-0.25, -0.2) is 4.98 Å². The van der Waals surface area contributed by atoms with Crippen LogP contribution in [-0.2, 0) is 19.4 Å². The Bertz CT molecular complexity index is 662. The topological polar surface area (TPSA) is 54.0 Å². The van der Waals surface area contributed by atoms with Crippen LogP contribution >= 0.6 is 0 Å². The van der Waals surface area contributed by atoms with Crippen molar-refractivity contribution in [1.29, 1.82) is 0 Å². The molecule has 0 saturated heterocycles. The Kier molecular flexibility index (Phi) is 3.58. The number of rotatable bonds is 4. The minimum Gasteiger partial charge on any atom is -0.481 e. The van der Waals surface area contributed by atoms with Gasteiger partial charge >= 0.3 is 0 Å². The molecular formula is C17H22N4O. The first-order valence-electron chi connectivity index (χ1n) is 8.11. The van der Waals surface area contributed by atoms with E-state index in [-0.39, 0.29) is 0 Å². The Morgan fingerprint density at radius 3 is 3.00 bits per heavy atom. The van der Waals surface area contributed by atoms with Crippen LogP contribution in [-0.4, -0.2) is 40.3 Å². The average molecular weight is 298 g/mol. The molecule has 22 heavy (non-hydrogen) atoms. The van der Waals surface area contributed by atoms with Gasteiger partial charge in [0.15, 0.2) is 0 Å². The molecule has 0 atom stereocenters. The Morgan fingerprint density at radius 1 is 1.32 bits per heavy atom. The van der Waals surface area contributed by atoms with Gasteiger partial charge in [-0.1, -0.05) is 6.07 Å². The monoisotopic (exact) mass is 298 g/mol. The molecule has 1 fully saturated rings. The lowest BCUT2D eigenvalue weighted by molar-refractivity contribution is 0.271. The van der Waals surface area contributed by atoms with Crippen LogP contribution in [0.1, 0.15) is 41.3 Å². The first kappa shape index (κ1) is 13.8. The number of nitrogens with one attached hydrogen (secondary N) is 1. The molecule has 116 valence electrons. The van der Waals surface area contributed by atoms with Gasteiger partial charge in [-0.2, -0.15) is 5.10 Å². The minimum atomic E-state index is 0.727. The van der Waals surface area contributed by atoms with Crippen LogP contribution in [0.3, 0.4) is 0 Å². The summed E-state index contributed by atoms with van der Waals surface area (Å²) in [5.74, 6) is 1.47. The number of nitrogens with zero attached hydrogens (tertiary/aromatic N) is 3. The van der Waals surface area contributed by atoms with Crippen molar-refractivity contribution in [1.82, 2.24) is 20.1 Å². The summed E-state index contributed by atoms with van der Waals surface area (Å²) >= 11 is 0. The fourth-order valence-corrected chi connectivity index (χ4v) is 3.38. The van der Waals surface area contributed by atoms with Crippen molar-refractivity contribution >= 4 is 0 Å². The van der Waals surface area contributed by atoms with Crippen LogP contribution in [0.5, 0.6) is 5.88 Å². The maximum Gasteiger partial charge on any atom is 0.217 e. The van der Waals surface area contributed by atoms with Gasteiger partial charge in [-0.05, 0) is 30.9 Å². The quantitative estimate of drug-likeness (QED) is 0.941. The zero-order valence-corrected chi connectivity index (χ0v) is 13.0. The summed E-state index contributed by atoms with van der Waals surface area (Å²) in [7, 11) is 1.69. The second kappa shape index (κ2) is 5.72. The number of aromatic amines is 1. The first-order chi connectivity index (χ1) is 10.8. The zero-order chi connectivity index (χ0) is 14.9. The molecule has 0 aromatic carbocycles. The lowest BCUT2D eigenvalue weighted by Crippen LogP contribution is -2.26. The van der Waals surface area contributed by atoms with E-state index >= 15 is 0 Å². The highest BCUT2D eigenvalue weighted by Gasteiger charge is 2.31. The van der Waals surface area contributed by atoms with Crippen LogP contribution in [0.25, 0.3) is 0 Å². The highest BCUT2D eigenvalue weighted by molar-refractivity contribution is 5.32. The van der Waals surface area contributed by atoms with E-state index in [9.17, 15) is 0 Å². The number of pyridine rings is 1. The van der Waals surface area contributed by atoms with Crippen molar-refractivity contribution in [3.63, 3.8) is 0 Å². The highest BCUT2D eigenvalue weighted by atomic mass is 16.5. The third kappa shape index (κ3) is 2.61. The number of fused-ring (bicyclic) bond motifs is 1. The zero-order valence-electron chi connectivity index (χ0n) is 13.0. The normalized spacial score (nSPS) is 18.8. The fraction of sp³-hybridized carbons (Fsp3) is 0.529. The number of methoxy groups -OCH3 is 1. The van der Waals surface area contributed by atoms with E-state index in [1.165, 1.54) is 29.8 Å². The Morgan fingerprint density at radius 2 is 2.18 bits per heavy atom. The molecule has 0 bridgehead atoms. The van der Waals surface area contributed by atoms with E-state index in [4.69, 9.17) is 4.74 Å². The van der Waals surface area contributed by atoms with Crippen molar-refractivity contribution in [2.75, 3.05) is 20.2 Å². The van der Waals surface area contributed by atoms with E-state index in [0.717, 1.165) is 49.8 Å². The molecule has 4 rings (SSSR count). The van der Waals surface area contributed by atoms with Crippen molar-refractivity contribution in [2.24, 2.45) is 0 Å². The molecule has 1 saturated carbocycles. The molecule has 0 amide bonds. The van der Waals surface area contributed by atoms with Gasteiger partial charge in [0.2, 0.25) is 5.88 Å². The molecule has 0 unspecified atom stereocenters. The van der Waals surface area contributed by atoms with E-state index < -0.39 is 0 Å². The lowest BCUT2D eigenvalue weighted by atomic mass is 10.1. The van der Waals surface area contributed by atoms with Gasteiger partial charge < -0.3 is 4.74 Å². The fourth-order valence-electron chi connectivity index (χ4n) is 3.38. The largest absolute Gasteiger partial charge is 0.481 e. The standard InChI is InChI=1S/C17H22N4O/c1-22-17-13(3-2-8-18-17)11-21-9-6-14-15(7-10-21)19-20-16(14)12-4-5-12/h2-3,8,12H,4-7,9-11H2,1H3,(H,19,20).